The van der Waals surface area contributed by atoms with Crippen LogP contribution in [0.5, 0.6) is 5.75 Å². The number of imide groups is 1. The first-order valence-corrected chi connectivity index (χ1v) is 11.6. The van der Waals surface area contributed by atoms with Gasteiger partial charge in [-0.2, -0.15) is 0 Å². The molecular weight excluding hydrogens is 412 g/mol. The van der Waals surface area contributed by atoms with E-state index < -0.39 is 15.1 Å². The highest BCUT2D eigenvalue weighted by atomic mass is 32.2. The van der Waals surface area contributed by atoms with Crippen LogP contribution in [0, 0.1) is 6.92 Å². The van der Waals surface area contributed by atoms with Crippen molar-refractivity contribution < 1.29 is 22.7 Å². The number of aryl methyl sites for hydroxylation is 1. The quantitative estimate of drug-likeness (QED) is 0.584. The normalized spacial score (nSPS) is 16.7. The van der Waals surface area contributed by atoms with Crippen molar-refractivity contribution >= 4 is 32.7 Å². The maximum absolute atomic E-state index is 12.2. The van der Waals surface area contributed by atoms with E-state index in [1.807, 2.05) is 19.1 Å². The Kier molecular flexibility index (Phi) is 6.94. The predicted molar refractivity (Wildman–Crippen MR) is 112 cm³/mol. The average Bonchev–Trinajstić information content (AvgIpc) is 3.00. The fraction of sp³-hybridized carbons (Fsp3) is 0.300. The molecule has 9 heteroatoms. The number of hydrogen-bond acceptors (Lipinski definition) is 7. The molecular formula is C20H22N2O5S2. The second-order valence-electron chi connectivity index (χ2n) is 6.65. The van der Waals surface area contributed by atoms with Gasteiger partial charge in [0.15, 0.2) is 9.84 Å². The van der Waals surface area contributed by atoms with E-state index in [2.05, 4.69) is 10.6 Å². The summed E-state index contributed by atoms with van der Waals surface area (Å²) in [5, 5.41) is 4.45. The highest BCUT2D eigenvalue weighted by Crippen LogP contribution is 2.23. The molecule has 1 fully saturated rings. The van der Waals surface area contributed by atoms with Crippen molar-refractivity contribution in [3.05, 3.63) is 59.7 Å². The first-order valence-electron chi connectivity index (χ1n) is 9.07. The van der Waals surface area contributed by atoms with E-state index in [1.165, 1.54) is 0 Å². The largest absolute Gasteiger partial charge is 0.492 e. The third-order valence-corrected chi connectivity index (χ3v) is 6.89. The Morgan fingerprint density at radius 3 is 2.38 bits per heavy atom. The first kappa shape index (κ1) is 21.4. The maximum atomic E-state index is 12.2. The highest BCUT2D eigenvalue weighted by Gasteiger charge is 2.31. The van der Waals surface area contributed by atoms with Crippen LogP contribution in [0.1, 0.15) is 11.1 Å². The van der Waals surface area contributed by atoms with Gasteiger partial charge in [-0.25, -0.2) is 8.42 Å². The first-order chi connectivity index (χ1) is 13.8. The Morgan fingerprint density at radius 1 is 1.07 bits per heavy atom. The molecule has 0 aromatic heterocycles. The summed E-state index contributed by atoms with van der Waals surface area (Å²) < 4.78 is 30.1. The molecule has 0 aliphatic carbocycles. The van der Waals surface area contributed by atoms with Gasteiger partial charge in [-0.1, -0.05) is 41.6 Å². The smallest absolute Gasteiger partial charge is 0.286 e. The lowest BCUT2D eigenvalue weighted by atomic mass is 10.1. The molecule has 1 aliphatic heterocycles. The number of amides is 2. The number of carbonyl (C=O) groups is 2. The molecule has 154 valence electrons. The lowest BCUT2D eigenvalue weighted by Gasteiger charge is -2.10. The van der Waals surface area contributed by atoms with Crippen LogP contribution in [0.3, 0.4) is 0 Å². The van der Waals surface area contributed by atoms with Crippen molar-refractivity contribution in [2.24, 2.45) is 0 Å². The second kappa shape index (κ2) is 9.43. The number of sulfone groups is 1. The maximum Gasteiger partial charge on any atom is 0.286 e. The van der Waals surface area contributed by atoms with E-state index in [0.717, 1.165) is 22.9 Å². The molecule has 2 aromatic carbocycles. The zero-order valence-electron chi connectivity index (χ0n) is 15.9. The minimum atomic E-state index is -3.37. The van der Waals surface area contributed by atoms with Gasteiger partial charge >= 0.3 is 0 Å². The minimum Gasteiger partial charge on any atom is -0.492 e. The van der Waals surface area contributed by atoms with Crippen molar-refractivity contribution in [1.82, 2.24) is 10.6 Å². The molecule has 1 unspecified atom stereocenters. The summed E-state index contributed by atoms with van der Waals surface area (Å²) in [6, 6.07) is 14.0. The molecule has 1 atom stereocenters. The Labute approximate surface area is 174 Å². The molecule has 7 nitrogen and oxygen atoms in total. The van der Waals surface area contributed by atoms with E-state index in [1.54, 1.807) is 36.4 Å². The van der Waals surface area contributed by atoms with E-state index >= 15 is 0 Å². The van der Waals surface area contributed by atoms with Gasteiger partial charge in [0.05, 0.1) is 10.1 Å². The molecule has 0 spiro atoms. The van der Waals surface area contributed by atoms with Gasteiger partial charge in [0.2, 0.25) is 5.91 Å². The molecule has 0 saturated carbocycles. The standard InChI is InChI=1S/C20H22N2O5S2/c1-14-2-8-17(9-3-14)29(25,26)13-21-10-11-27-16-6-4-15(5-7-16)12-18-19(23)22-20(24)28-18/h2-9,18,21H,10-13H2,1H3,(H,22,23,24). The molecule has 1 saturated heterocycles. The number of thioether (sulfide) groups is 1. The van der Waals surface area contributed by atoms with Gasteiger partial charge in [0, 0.05) is 6.54 Å². The summed E-state index contributed by atoms with van der Waals surface area (Å²) in [6.07, 6.45) is 0.473. The molecule has 1 heterocycles. The van der Waals surface area contributed by atoms with Crippen molar-refractivity contribution in [3.8, 4) is 5.75 Å². The molecule has 2 aromatic rings. The van der Waals surface area contributed by atoms with Gasteiger partial charge in [-0.15, -0.1) is 0 Å². The fourth-order valence-electron chi connectivity index (χ4n) is 2.74. The van der Waals surface area contributed by atoms with E-state index in [4.69, 9.17) is 4.74 Å². The third kappa shape index (κ3) is 6.06. The van der Waals surface area contributed by atoms with Crippen LogP contribution in [-0.2, 0) is 21.1 Å². The van der Waals surface area contributed by atoms with E-state index in [9.17, 15) is 18.0 Å². The molecule has 29 heavy (non-hydrogen) atoms. The fourth-order valence-corrected chi connectivity index (χ4v) is 4.73. The Bertz CT molecular complexity index is 973. The number of carbonyl (C=O) groups excluding carboxylic acids is 2. The minimum absolute atomic E-state index is 0.155. The molecule has 1 aliphatic rings. The summed E-state index contributed by atoms with van der Waals surface area (Å²) in [5.41, 5.74) is 1.94. The third-order valence-electron chi connectivity index (χ3n) is 4.33. The van der Waals surface area contributed by atoms with Crippen LogP contribution in [-0.4, -0.2) is 43.8 Å². The van der Waals surface area contributed by atoms with Gasteiger partial charge in [-0.05, 0) is 43.2 Å². The van der Waals surface area contributed by atoms with E-state index in [0.29, 0.717) is 30.2 Å². The second-order valence-corrected chi connectivity index (χ2v) is 9.82. The van der Waals surface area contributed by atoms with Crippen molar-refractivity contribution in [3.63, 3.8) is 0 Å². The summed E-state index contributed by atoms with van der Waals surface area (Å²) in [6.45, 7) is 2.61. The molecule has 2 amide bonds. The SMILES string of the molecule is Cc1ccc(S(=O)(=O)CNCCOc2ccc(CC3SC(=O)NC3=O)cc2)cc1. The molecule has 3 rings (SSSR count). The Morgan fingerprint density at radius 2 is 1.76 bits per heavy atom. The Balaban J connectivity index is 1.40. The summed E-state index contributed by atoms with van der Waals surface area (Å²) in [5.74, 6) is 0.238. The predicted octanol–water partition coefficient (Wildman–Crippen LogP) is 2.29. The number of hydrogen-bond donors (Lipinski definition) is 2. The Hall–Kier alpha value is -2.36. The topological polar surface area (TPSA) is 102 Å². The average molecular weight is 435 g/mol. The number of nitrogens with one attached hydrogen (secondary N) is 2. The van der Waals surface area contributed by atoms with Crippen LogP contribution in [0.4, 0.5) is 4.79 Å². The van der Waals surface area contributed by atoms with Crippen LogP contribution in [0.25, 0.3) is 0 Å². The van der Waals surface area contributed by atoms with Gasteiger partial charge < -0.3 is 4.74 Å². The van der Waals surface area contributed by atoms with Crippen LogP contribution in [0.2, 0.25) is 0 Å². The zero-order valence-corrected chi connectivity index (χ0v) is 17.5. The summed E-state index contributed by atoms with van der Waals surface area (Å²) in [4.78, 5) is 23.1. The molecule has 0 radical (unpaired) electrons. The van der Waals surface area contributed by atoms with Gasteiger partial charge in [-0.3, -0.25) is 20.2 Å². The summed E-state index contributed by atoms with van der Waals surface area (Å²) >= 11 is 1.00. The van der Waals surface area contributed by atoms with Gasteiger partial charge in [0.1, 0.15) is 18.2 Å². The van der Waals surface area contributed by atoms with Crippen molar-refractivity contribution in [2.75, 3.05) is 19.0 Å². The van der Waals surface area contributed by atoms with Crippen LogP contribution < -0.4 is 15.4 Å². The number of rotatable bonds is 9. The monoisotopic (exact) mass is 434 g/mol. The van der Waals surface area contributed by atoms with Crippen molar-refractivity contribution in [1.29, 1.82) is 0 Å². The van der Waals surface area contributed by atoms with Gasteiger partial charge in [0.25, 0.3) is 5.24 Å². The van der Waals surface area contributed by atoms with Crippen LogP contribution in [0.15, 0.2) is 53.4 Å². The number of benzene rings is 2. The summed E-state index contributed by atoms with van der Waals surface area (Å²) in [7, 11) is -3.37. The van der Waals surface area contributed by atoms with Crippen LogP contribution >= 0.6 is 11.8 Å². The lowest BCUT2D eigenvalue weighted by Crippen LogP contribution is -2.27. The highest BCUT2D eigenvalue weighted by molar-refractivity contribution is 8.15. The van der Waals surface area contributed by atoms with E-state index in [-0.39, 0.29) is 17.0 Å². The number of ether oxygens (including phenoxy) is 1. The van der Waals surface area contributed by atoms with Crippen molar-refractivity contribution in [2.45, 2.75) is 23.5 Å². The molecule has 0 bridgehead atoms. The zero-order chi connectivity index (χ0) is 20.9. The molecule has 2 N–H and O–H groups in total. The lowest BCUT2D eigenvalue weighted by molar-refractivity contribution is -0.118.